The molecule has 0 spiro atoms. The van der Waals surface area contributed by atoms with Crippen LogP contribution in [0.15, 0.2) is 110 Å². The zero-order chi connectivity index (χ0) is 27.1. The van der Waals surface area contributed by atoms with Gasteiger partial charge in [0, 0.05) is 38.2 Å². The molecule has 4 aliphatic rings. The van der Waals surface area contributed by atoms with E-state index in [2.05, 4.69) is 15.3 Å². The fraction of sp³-hybridized carbons (Fsp3) is 0. The van der Waals surface area contributed by atoms with Gasteiger partial charge in [-0.3, -0.25) is 4.79 Å². The van der Waals surface area contributed by atoms with Crippen molar-refractivity contribution in [2.75, 3.05) is 5.32 Å². The molecule has 0 saturated carbocycles. The molecule has 8 bridgehead atoms. The van der Waals surface area contributed by atoms with E-state index in [0.717, 1.165) is 33.0 Å². The summed E-state index contributed by atoms with van der Waals surface area (Å²) < 4.78 is 0. The Hall–Kier alpha value is -5.96. The number of fused-ring (bicyclic) bond motifs is 18. The molecular weight excluding hydrogens is 512 g/mol. The maximum absolute atomic E-state index is 13.1. The summed E-state index contributed by atoms with van der Waals surface area (Å²) in [5.41, 5.74) is 4.53. The van der Waals surface area contributed by atoms with Crippen molar-refractivity contribution in [1.82, 2.24) is 9.97 Å². The van der Waals surface area contributed by atoms with Gasteiger partial charge in [0.2, 0.25) is 0 Å². The lowest BCUT2D eigenvalue weighted by molar-refractivity contribution is 0.104. The van der Waals surface area contributed by atoms with Crippen molar-refractivity contribution in [2.45, 2.75) is 0 Å². The molecule has 1 aliphatic carbocycles. The van der Waals surface area contributed by atoms with Gasteiger partial charge in [0.1, 0.15) is 22.9 Å². The number of allylic oxidation sites excluding steroid dienone is 2. The van der Waals surface area contributed by atoms with Crippen LogP contribution in [-0.2, 0) is 0 Å². The SMILES string of the molecule is O=C1C=CC=c2c1c1[nH]c2=NC2=NC(=NC3=NC(=Nc4[nH]c(c5ccccc45)N1)c1ccccc13)c1ccccc12. The second-order valence-corrected chi connectivity index (χ2v) is 9.99. The lowest BCUT2D eigenvalue weighted by Gasteiger charge is -2.06. The highest BCUT2D eigenvalue weighted by molar-refractivity contribution is 6.29. The normalized spacial score (nSPS) is 16.0. The van der Waals surface area contributed by atoms with Crippen LogP contribution in [0.3, 0.4) is 0 Å². The Labute approximate surface area is 231 Å². The van der Waals surface area contributed by atoms with Gasteiger partial charge in [-0.1, -0.05) is 84.9 Å². The highest BCUT2D eigenvalue weighted by Crippen LogP contribution is 2.35. The van der Waals surface area contributed by atoms with Crippen LogP contribution < -0.4 is 16.0 Å². The van der Waals surface area contributed by atoms with E-state index in [0.29, 0.717) is 57.1 Å². The lowest BCUT2D eigenvalue weighted by Crippen LogP contribution is -2.29. The molecule has 5 aromatic rings. The number of hydrogen-bond acceptors (Lipinski definition) is 7. The Morgan fingerprint density at radius 2 is 1.12 bits per heavy atom. The molecule has 2 aromatic heterocycles. The third-order valence-electron chi connectivity index (χ3n) is 7.61. The van der Waals surface area contributed by atoms with E-state index in [1.54, 1.807) is 12.2 Å². The Bertz CT molecular complexity index is 2310. The molecule has 0 amide bonds. The number of aromatic nitrogens is 2. The number of aliphatic imine (C=N–C) groups is 4. The summed E-state index contributed by atoms with van der Waals surface area (Å²) in [6.07, 6.45) is 5.18. The second kappa shape index (κ2) is 8.03. The monoisotopic (exact) mass is 530 g/mol. The molecular formula is C32H18N8O. The zero-order valence-corrected chi connectivity index (χ0v) is 21.3. The standard InChI is InChI=1S/C32H18N8O/c41-23-15-7-14-22-24(23)32-39-30-21-13-6-5-12-20(21)28(37-30)35-26-17-9-2-1-8-16(17)25(33-26)34-27-18-10-3-4-11-19(18)29(36-27)38-31(22)40-32/h1-15,37,39H,(H,33,34,35,36,38,40). The van der Waals surface area contributed by atoms with E-state index < -0.39 is 0 Å². The summed E-state index contributed by atoms with van der Waals surface area (Å²) in [5, 5.41) is 5.98. The van der Waals surface area contributed by atoms with Gasteiger partial charge in [-0.15, -0.1) is 0 Å². The Morgan fingerprint density at radius 3 is 1.78 bits per heavy atom. The van der Waals surface area contributed by atoms with E-state index >= 15 is 0 Å². The van der Waals surface area contributed by atoms with E-state index in [1.165, 1.54) is 0 Å². The molecule has 9 heteroatoms. The number of H-pyrrole nitrogens is 2. The van der Waals surface area contributed by atoms with E-state index in [9.17, 15) is 4.79 Å². The van der Waals surface area contributed by atoms with E-state index in [1.807, 2.05) is 78.9 Å². The number of nitrogens with zero attached hydrogens (tertiary/aromatic N) is 5. The first-order chi connectivity index (χ1) is 20.2. The molecule has 192 valence electrons. The summed E-state index contributed by atoms with van der Waals surface area (Å²) in [4.78, 5) is 44.5. The minimum atomic E-state index is -0.114. The van der Waals surface area contributed by atoms with Crippen LogP contribution in [0.25, 0.3) is 16.8 Å². The maximum atomic E-state index is 13.1. The van der Waals surface area contributed by atoms with Crippen LogP contribution >= 0.6 is 0 Å². The number of ketones is 1. The van der Waals surface area contributed by atoms with Crippen LogP contribution in [0, 0.1) is 0 Å². The largest absolute Gasteiger partial charge is 0.327 e. The topological polar surface area (TPSA) is 122 Å². The smallest absolute Gasteiger partial charge is 0.190 e. The molecule has 0 fully saturated rings. The predicted octanol–water partition coefficient (Wildman–Crippen LogP) is 4.45. The Kier molecular flexibility index (Phi) is 4.29. The first-order valence-corrected chi connectivity index (χ1v) is 13.2. The van der Waals surface area contributed by atoms with Crippen molar-refractivity contribution in [3.63, 3.8) is 0 Å². The van der Waals surface area contributed by atoms with Gasteiger partial charge in [-0.25, -0.2) is 25.0 Å². The van der Waals surface area contributed by atoms with Crippen molar-refractivity contribution >= 4 is 63.4 Å². The number of nitrogens with one attached hydrogen (secondary N) is 3. The maximum Gasteiger partial charge on any atom is 0.190 e. The van der Waals surface area contributed by atoms with Gasteiger partial charge in [-0.2, -0.15) is 0 Å². The number of carbonyl (C=O) groups excluding carboxylic acids is 1. The lowest BCUT2D eigenvalue weighted by atomic mass is 10.1. The van der Waals surface area contributed by atoms with Gasteiger partial charge in [0.25, 0.3) is 0 Å². The van der Waals surface area contributed by atoms with Crippen molar-refractivity contribution in [3.05, 3.63) is 123 Å². The average molecular weight is 531 g/mol. The van der Waals surface area contributed by atoms with E-state index in [4.69, 9.17) is 25.0 Å². The second-order valence-electron chi connectivity index (χ2n) is 9.99. The Balaban J connectivity index is 1.39. The highest BCUT2D eigenvalue weighted by atomic mass is 16.1. The van der Waals surface area contributed by atoms with Crippen LogP contribution in [0.4, 0.5) is 17.5 Å². The summed E-state index contributed by atoms with van der Waals surface area (Å²) in [7, 11) is 0. The van der Waals surface area contributed by atoms with Crippen LogP contribution in [-0.4, -0.2) is 39.1 Å². The van der Waals surface area contributed by atoms with Gasteiger partial charge < -0.3 is 15.3 Å². The molecule has 0 radical (unpaired) electrons. The van der Waals surface area contributed by atoms with Crippen LogP contribution in [0.5, 0.6) is 0 Å². The van der Waals surface area contributed by atoms with Crippen LogP contribution in [0.2, 0.25) is 0 Å². The average Bonchev–Trinajstić information content (AvgIpc) is 3.73. The molecule has 0 atom stereocenters. The van der Waals surface area contributed by atoms with E-state index in [-0.39, 0.29) is 5.78 Å². The summed E-state index contributed by atoms with van der Waals surface area (Å²) in [6.45, 7) is 0. The molecule has 41 heavy (non-hydrogen) atoms. The van der Waals surface area contributed by atoms with Gasteiger partial charge in [0.15, 0.2) is 29.1 Å². The molecule has 3 N–H and O–H groups in total. The fourth-order valence-corrected chi connectivity index (χ4v) is 5.73. The molecule has 0 saturated heterocycles. The number of benzene rings is 3. The summed E-state index contributed by atoms with van der Waals surface area (Å²) >= 11 is 0. The molecule has 9 rings (SSSR count). The highest BCUT2D eigenvalue weighted by Gasteiger charge is 2.27. The number of anilines is 2. The number of rotatable bonds is 0. The number of carbonyl (C=O) groups is 1. The minimum absolute atomic E-state index is 0.114. The third-order valence-corrected chi connectivity index (χ3v) is 7.61. The molecule has 0 unspecified atom stereocenters. The molecule has 3 aliphatic heterocycles. The first-order valence-electron chi connectivity index (χ1n) is 13.2. The predicted molar refractivity (Wildman–Crippen MR) is 160 cm³/mol. The molecule has 5 heterocycles. The quantitative estimate of drug-likeness (QED) is 0.274. The first kappa shape index (κ1) is 21.9. The van der Waals surface area contributed by atoms with Crippen molar-refractivity contribution < 1.29 is 4.79 Å². The van der Waals surface area contributed by atoms with Crippen molar-refractivity contribution in [3.8, 4) is 0 Å². The fourth-order valence-electron chi connectivity index (χ4n) is 5.73. The van der Waals surface area contributed by atoms with Crippen molar-refractivity contribution in [2.24, 2.45) is 25.0 Å². The van der Waals surface area contributed by atoms with Gasteiger partial charge in [0.05, 0.1) is 5.56 Å². The zero-order valence-electron chi connectivity index (χ0n) is 21.3. The summed E-state index contributed by atoms with van der Waals surface area (Å²) in [6, 6.07) is 23.7. The number of aromatic amines is 2. The third kappa shape index (κ3) is 3.17. The Morgan fingerprint density at radius 1 is 0.561 bits per heavy atom. The number of amidine groups is 4. The van der Waals surface area contributed by atoms with Crippen molar-refractivity contribution in [1.29, 1.82) is 0 Å². The summed E-state index contributed by atoms with van der Waals surface area (Å²) in [5.74, 6) is 3.89. The van der Waals surface area contributed by atoms with Crippen LogP contribution in [0.1, 0.15) is 32.6 Å². The molecule has 9 nitrogen and oxygen atoms in total. The van der Waals surface area contributed by atoms with Gasteiger partial charge >= 0.3 is 0 Å². The van der Waals surface area contributed by atoms with Gasteiger partial charge in [-0.05, 0) is 6.08 Å². The minimum Gasteiger partial charge on any atom is -0.327 e. The molecule has 3 aromatic carbocycles. The number of hydrogen-bond donors (Lipinski definition) is 3.